The second-order valence-electron chi connectivity index (χ2n) is 5.22. The Kier molecular flexibility index (Phi) is 5.01. The molecule has 0 atom stereocenters. The number of carbonyl (C=O) groups excluding carboxylic acids is 1. The van der Waals surface area contributed by atoms with Gasteiger partial charge in [-0.25, -0.2) is 4.79 Å². The van der Waals surface area contributed by atoms with Gasteiger partial charge in [0.25, 0.3) is 0 Å². The van der Waals surface area contributed by atoms with Crippen molar-refractivity contribution in [2.24, 2.45) is 0 Å². The predicted molar refractivity (Wildman–Crippen MR) is 73.9 cm³/mol. The van der Waals surface area contributed by atoms with Gasteiger partial charge in [-0.3, -0.25) is 0 Å². The molecule has 2 N–H and O–H groups in total. The summed E-state index contributed by atoms with van der Waals surface area (Å²) in [5.74, 6) is 0. The first-order valence-corrected chi connectivity index (χ1v) is 6.14. The number of ether oxygens (including phenoxy) is 1. The number of nitrogens with one attached hydrogen (secondary N) is 2. The van der Waals surface area contributed by atoms with Crippen molar-refractivity contribution in [1.29, 1.82) is 0 Å². The van der Waals surface area contributed by atoms with E-state index in [2.05, 4.69) is 16.7 Å². The van der Waals surface area contributed by atoms with E-state index in [1.54, 1.807) is 0 Å². The summed E-state index contributed by atoms with van der Waals surface area (Å²) in [5.41, 5.74) is 1.81. The number of hydrogen-bond acceptors (Lipinski definition) is 3. The average molecular weight is 250 g/mol. The number of rotatable bonds is 4. The Labute approximate surface area is 109 Å². The average Bonchev–Trinajstić information content (AvgIpc) is 2.22. The van der Waals surface area contributed by atoms with E-state index in [0.29, 0.717) is 13.1 Å². The summed E-state index contributed by atoms with van der Waals surface area (Å²) in [4.78, 5) is 11.4. The van der Waals surface area contributed by atoms with Crippen molar-refractivity contribution in [3.8, 4) is 0 Å². The summed E-state index contributed by atoms with van der Waals surface area (Å²) in [6.07, 6.45) is -0.381. The molecule has 1 aromatic carbocycles. The van der Waals surface area contributed by atoms with Crippen molar-refractivity contribution in [2.75, 3.05) is 18.4 Å². The molecule has 0 heterocycles. The molecule has 0 unspecified atom stereocenters. The molecular weight excluding hydrogens is 228 g/mol. The largest absolute Gasteiger partial charge is 0.444 e. The van der Waals surface area contributed by atoms with Crippen LogP contribution in [-0.2, 0) is 4.74 Å². The van der Waals surface area contributed by atoms with E-state index < -0.39 is 5.60 Å². The number of alkyl carbamates (subject to hydrolysis) is 1. The zero-order valence-electron chi connectivity index (χ0n) is 11.5. The zero-order valence-corrected chi connectivity index (χ0v) is 11.5. The fourth-order valence-corrected chi connectivity index (χ4v) is 1.44. The maximum absolute atomic E-state index is 11.4. The van der Waals surface area contributed by atoms with Crippen LogP contribution in [0.3, 0.4) is 0 Å². The molecule has 0 aliphatic heterocycles. The molecular formula is C14H22N2O2. The number of hydrogen-bond donors (Lipinski definition) is 2. The summed E-state index contributed by atoms with van der Waals surface area (Å²) < 4.78 is 5.13. The second kappa shape index (κ2) is 6.28. The molecule has 1 amide bonds. The monoisotopic (exact) mass is 250 g/mol. The lowest BCUT2D eigenvalue weighted by Gasteiger charge is -2.19. The number of anilines is 1. The van der Waals surface area contributed by atoms with Crippen LogP contribution in [0.1, 0.15) is 26.3 Å². The van der Waals surface area contributed by atoms with Gasteiger partial charge in [-0.2, -0.15) is 0 Å². The van der Waals surface area contributed by atoms with Crippen LogP contribution in [0.5, 0.6) is 0 Å². The van der Waals surface area contributed by atoms with Crippen LogP contribution in [0.2, 0.25) is 0 Å². The van der Waals surface area contributed by atoms with Crippen molar-refractivity contribution in [3.05, 3.63) is 29.8 Å². The fourth-order valence-electron chi connectivity index (χ4n) is 1.44. The van der Waals surface area contributed by atoms with Crippen molar-refractivity contribution in [1.82, 2.24) is 5.32 Å². The molecule has 100 valence electrons. The van der Waals surface area contributed by atoms with Crippen LogP contribution in [-0.4, -0.2) is 24.8 Å². The van der Waals surface area contributed by atoms with Gasteiger partial charge in [0.2, 0.25) is 0 Å². The Balaban J connectivity index is 2.21. The van der Waals surface area contributed by atoms with Gasteiger partial charge in [-0.05, 0) is 45.4 Å². The highest BCUT2D eigenvalue weighted by Crippen LogP contribution is 2.08. The Morgan fingerprint density at radius 2 is 2.00 bits per heavy atom. The van der Waals surface area contributed by atoms with Gasteiger partial charge in [0, 0.05) is 18.8 Å². The minimum atomic E-state index is -0.450. The van der Waals surface area contributed by atoms with Gasteiger partial charge in [0.05, 0.1) is 0 Å². The summed E-state index contributed by atoms with van der Waals surface area (Å²) in [6.45, 7) is 8.78. The lowest BCUT2D eigenvalue weighted by Crippen LogP contribution is -2.34. The van der Waals surface area contributed by atoms with Gasteiger partial charge in [0.1, 0.15) is 5.60 Å². The molecule has 0 saturated carbocycles. The molecule has 0 saturated heterocycles. The first-order valence-electron chi connectivity index (χ1n) is 6.14. The molecule has 0 fully saturated rings. The van der Waals surface area contributed by atoms with Crippen LogP contribution in [0.4, 0.5) is 10.5 Å². The van der Waals surface area contributed by atoms with Crippen LogP contribution in [0, 0.1) is 6.92 Å². The molecule has 0 radical (unpaired) electrons. The van der Waals surface area contributed by atoms with Gasteiger partial charge >= 0.3 is 6.09 Å². The van der Waals surface area contributed by atoms with Crippen molar-refractivity contribution >= 4 is 11.8 Å². The van der Waals surface area contributed by atoms with Crippen LogP contribution < -0.4 is 10.6 Å². The van der Waals surface area contributed by atoms with Crippen molar-refractivity contribution in [2.45, 2.75) is 33.3 Å². The highest BCUT2D eigenvalue weighted by atomic mass is 16.6. The maximum Gasteiger partial charge on any atom is 0.407 e. The Morgan fingerprint density at radius 3 is 2.61 bits per heavy atom. The highest BCUT2D eigenvalue weighted by Gasteiger charge is 2.15. The van der Waals surface area contributed by atoms with Crippen LogP contribution in [0.15, 0.2) is 24.3 Å². The number of aryl methyl sites for hydroxylation is 1. The fraction of sp³-hybridized carbons (Fsp3) is 0.500. The minimum absolute atomic E-state index is 0.381. The first kappa shape index (κ1) is 14.4. The summed E-state index contributed by atoms with van der Waals surface area (Å²) >= 11 is 0. The molecule has 4 nitrogen and oxygen atoms in total. The van der Waals surface area contributed by atoms with E-state index in [-0.39, 0.29) is 6.09 Å². The molecule has 18 heavy (non-hydrogen) atoms. The molecule has 0 bridgehead atoms. The summed E-state index contributed by atoms with van der Waals surface area (Å²) in [5, 5.41) is 5.93. The Morgan fingerprint density at radius 1 is 1.28 bits per heavy atom. The summed E-state index contributed by atoms with van der Waals surface area (Å²) in [7, 11) is 0. The molecule has 4 heteroatoms. The van der Waals surface area contributed by atoms with E-state index in [1.807, 2.05) is 45.9 Å². The van der Waals surface area contributed by atoms with Crippen LogP contribution in [0.25, 0.3) is 0 Å². The number of carbonyl (C=O) groups is 1. The summed E-state index contributed by atoms with van der Waals surface area (Å²) in [6, 6.07) is 8.11. The van der Waals surface area contributed by atoms with E-state index in [0.717, 1.165) is 5.69 Å². The van der Waals surface area contributed by atoms with E-state index in [1.165, 1.54) is 5.56 Å². The lowest BCUT2D eigenvalue weighted by atomic mass is 10.2. The molecule has 0 aliphatic rings. The third-order valence-electron chi connectivity index (χ3n) is 2.14. The topological polar surface area (TPSA) is 50.4 Å². The van der Waals surface area contributed by atoms with Gasteiger partial charge < -0.3 is 15.4 Å². The van der Waals surface area contributed by atoms with E-state index in [9.17, 15) is 4.79 Å². The van der Waals surface area contributed by atoms with Crippen molar-refractivity contribution in [3.63, 3.8) is 0 Å². The first-order chi connectivity index (χ1) is 8.37. The van der Waals surface area contributed by atoms with Gasteiger partial charge in [-0.1, -0.05) is 12.1 Å². The molecule has 0 spiro atoms. The molecule has 0 aromatic heterocycles. The van der Waals surface area contributed by atoms with E-state index in [4.69, 9.17) is 4.74 Å². The van der Waals surface area contributed by atoms with Crippen molar-refractivity contribution < 1.29 is 9.53 Å². The third-order valence-corrected chi connectivity index (χ3v) is 2.14. The number of benzene rings is 1. The lowest BCUT2D eigenvalue weighted by molar-refractivity contribution is 0.0530. The molecule has 0 aliphatic carbocycles. The SMILES string of the molecule is Cc1cccc(NCCNC(=O)OC(C)(C)C)c1. The standard InChI is InChI=1S/C14H22N2O2/c1-11-6-5-7-12(10-11)15-8-9-16-13(17)18-14(2,3)4/h5-7,10,15H,8-9H2,1-4H3,(H,16,17). The smallest absolute Gasteiger partial charge is 0.407 e. The zero-order chi connectivity index (χ0) is 13.6. The second-order valence-corrected chi connectivity index (χ2v) is 5.22. The quantitative estimate of drug-likeness (QED) is 0.808. The minimum Gasteiger partial charge on any atom is -0.444 e. The van der Waals surface area contributed by atoms with Gasteiger partial charge in [0.15, 0.2) is 0 Å². The number of amides is 1. The van der Waals surface area contributed by atoms with Gasteiger partial charge in [-0.15, -0.1) is 0 Å². The molecule has 1 rings (SSSR count). The Bertz CT molecular complexity index is 397. The maximum atomic E-state index is 11.4. The predicted octanol–water partition coefficient (Wildman–Crippen LogP) is 2.93. The van der Waals surface area contributed by atoms with E-state index >= 15 is 0 Å². The molecule has 1 aromatic rings. The third kappa shape index (κ3) is 6.13. The normalized spacial score (nSPS) is 10.9. The van der Waals surface area contributed by atoms with Crippen LogP contribution >= 0.6 is 0 Å². The Hall–Kier alpha value is -1.71. The highest BCUT2D eigenvalue weighted by molar-refractivity contribution is 5.67.